The molecule has 4 saturated carbocycles. The maximum absolute atomic E-state index is 12.4. The van der Waals surface area contributed by atoms with Crippen LogP contribution in [-0.4, -0.2) is 27.8 Å². The Labute approximate surface area is 170 Å². The van der Waals surface area contributed by atoms with Crippen molar-refractivity contribution in [1.82, 2.24) is 5.32 Å². The number of aliphatic imine (C=N–C) groups is 1. The summed E-state index contributed by atoms with van der Waals surface area (Å²) in [5.74, 6) is 2.27. The summed E-state index contributed by atoms with van der Waals surface area (Å²) in [5, 5.41) is 6.23. The summed E-state index contributed by atoms with van der Waals surface area (Å²) in [4.78, 5) is 30.0. The second-order valence-corrected chi connectivity index (χ2v) is 10.4. The van der Waals surface area contributed by atoms with Crippen LogP contribution in [0.15, 0.2) is 29.3 Å². The Kier molecular flexibility index (Phi) is 4.49. The number of anilines is 1. The van der Waals surface area contributed by atoms with Gasteiger partial charge in [-0.15, -0.1) is 0 Å². The third kappa shape index (κ3) is 3.47. The molecule has 6 rings (SSSR count). The van der Waals surface area contributed by atoms with Gasteiger partial charge in [0.25, 0.3) is 0 Å². The Morgan fingerprint density at radius 1 is 1.18 bits per heavy atom. The molecule has 1 aromatic rings. The molecule has 28 heavy (non-hydrogen) atoms. The van der Waals surface area contributed by atoms with E-state index in [0.717, 1.165) is 34.2 Å². The number of amidine groups is 1. The van der Waals surface area contributed by atoms with Gasteiger partial charge in [0.2, 0.25) is 11.8 Å². The van der Waals surface area contributed by atoms with E-state index in [1.54, 1.807) is 0 Å². The number of para-hydroxylation sites is 1. The van der Waals surface area contributed by atoms with E-state index in [9.17, 15) is 9.59 Å². The van der Waals surface area contributed by atoms with Crippen LogP contribution >= 0.6 is 11.8 Å². The number of hydrogen-bond acceptors (Lipinski definition) is 4. The third-order valence-corrected chi connectivity index (χ3v) is 7.99. The normalized spacial score (nSPS) is 37.3. The van der Waals surface area contributed by atoms with Crippen LogP contribution in [-0.2, 0) is 9.59 Å². The molecule has 4 aliphatic carbocycles. The first-order chi connectivity index (χ1) is 13.5. The molecule has 4 bridgehead atoms. The largest absolute Gasteiger partial charge is 0.326 e. The highest BCUT2D eigenvalue weighted by Gasteiger charge is 2.51. The number of aryl methyl sites for hydroxylation is 1. The van der Waals surface area contributed by atoms with Crippen LogP contribution in [0.1, 0.15) is 50.5 Å². The summed E-state index contributed by atoms with van der Waals surface area (Å²) in [6, 6.07) is 7.69. The summed E-state index contributed by atoms with van der Waals surface area (Å²) in [6.07, 6.45) is 7.85. The predicted octanol–water partition coefficient (Wildman–Crippen LogP) is 3.88. The van der Waals surface area contributed by atoms with Crippen LogP contribution in [0, 0.1) is 24.7 Å². The van der Waals surface area contributed by atoms with Gasteiger partial charge < -0.3 is 10.6 Å². The van der Waals surface area contributed by atoms with Gasteiger partial charge in [0.15, 0.2) is 5.17 Å². The Morgan fingerprint density at radius 3 is 2.46 bits per heavy atom. The number of amides is 2. The first-order valence-corrected chi connectivity index (χ1v) is 11.3. The maximum atomic E-state index is 12.4. The molecule has 1 atom stereocenters. The van der Waals surface area contributed by atoms with Gasteiger partial charge in [-0.1, -0.05) is 30.0 Å². The fourth-order valence-electron chi connectivity index (χ4n) is 6.09. The molecular weight excluding hydrogens is 370 g/mol. The van der Waals surface area contributed by atoms with Crippen molar-refractivity contribution in [3.8, 4) is 0 Å². The average molecular weight is 398 g/mol. The fraction of sp³-hybridized carbons (Fsp3) is 0.591. The number of nitrogens with one attached hydrogen (secondary N) is 2. The molecule has 0 aromatic heterocycles. The topological polar surface area (TPSA) is 70.6 Å². The van der Waals surface area contributed by atoms with Crippen molar-refractivity contribution in [3.05, 3.63) is 29.8 Å². The highest BCUT2D eigenvalue weighted by atomic mass is 32.2. The lowest BCUT2D eigenvalue weighted by atomic mass is 9.53. The van der Waals surface area contributed by atoms with Crippen LogP contribution in [0.3, 0.4) is 0 Å². The standard InChI is InChI=1S/C22H27N3O2S/c1-13-4-2-3-5-17(13)23-19(26)9-18-20(27)24-21(28-18)25-22-10-14-6-15(11-22)8-16(7-14)12-22/h2-5,14-16,18H,6-12H2,1H3,(H,23,26)(H,24,25,27). The summed E-state index contributed by atoms with van der Waals surface area (Å²) in [5.41, 5.74) is 1.87. The second-order valence-electron chi connectivity index (χ2n) is 9.22. The number of nitrogens with zero attached hydrogens (tertiary/aromatic N) is 1. The third-order valence-electron chi connectivity index (χ3n) is 6.91. The van der Waals surface area contributed by atoms with Crippen molar-refractivity contribution in [3.63, 3.8) is 0 Å². The van der Waals surface area contributed by atoms with Gasteiger partial charge in [0, 0.05) is 12.1 Å². The number of carbonyl (C=O) groups is 2. The minimum Gasteiger partial charge on any atom is -0.326 e. The van der Waals surface area contributed by atoms with E-state index in [1.807, 2.05) is 31.2 Å². The Bertz CT molecular complexity index is 815. The van der Waals surface area contributed by atoms with Gasteiger partial charge in [0.1, 0.15) is 5.25 Å². The molecule has 148 valence electrons. The summed E-state index contributed by atoms with van der Waals surface area (Å²) in [6.45, 7) is 1.96. The molecule has 5 nitrogen and oxygen atoms in total. The van der Waals surface area contributed by atoms with Gasteiger partial charge in [-0.25, -0.2) is 0 Å². The Morgan fingerprint density at radius 2 is 1.82 bits per heavy atom. The predicted molar refractivity (Wildman–Crippen MR) is 112 cm³/mol. The molecule has 2 amide bonds. The average Bonchev–Trinajstić information content (AvgIpc) is 2.94. The van der Waals surface area contributed by atoms with Gasteiger partial charge >= 0.3 is 0 Å². The van der Waals surface area contributed by atoms with Crippen molar-refractivity contribution < 1.29 is 9.59 Å². The molecule has 1 heterocycles. The molecule has 0 spiro atoms. The molecule has 1 unspecified atom stereocenters. The van der Waals surface area contributed by atoms with E-state index in [2.05, 4.69) is 10.6 Å². The van der Waals surface area contributed by atoms with Gasteiger partial charge in [0.05, 0.1) is 5.54 Å². The lowest BCUT2D eigenvalue weighted by Crippen LogP contribution is -2.50. The number of rotatable bonds is 4. The highest BCUT2D eigenvalue weighted by Crippen LogP contribution is 2.57. The molecule has 1 aromatic carbocycles. The SMILES string of the molecule is Cc1ccccc1NC(=O)CC1SC(=NC23CC4CC(CC(C4)C2)C3)NC1=O. The van der Waals surface area contributed by atoms with Crippen LogP contribution < -0.4 is 10.6 Å². The van der Waals surface area contributed by atoms with Crippen LogP contribution in [0.5, 0.6) is 0 Å². The van der Waals surface area contributed by atoms with Crippen LogP contribution in [0.4, 0.5) is 5.69 Å². The van der Waals surface area contributed by atoms with Crippen LogP contribution in [0.2, 0.25) is 0 Å². The molecule has 2 N–H and O–H groups in total. The number of thioether (sulfide) groups is 1. The Balaban J connectivity index is 1.24. The van der Waals surface area contributed by atoms with Gasteiger partial charge in [-0.05, 0) is 74.8 Å². The number of hydrogen-bond donors (Lipinski definition) is 2. The molecule has 0 radical (unpaired) electrons. The first kappa shape index (κ1) is 18.2. The monoisotopic (exact) mass is 397 g/mol. The van der Waals surface area contributed by atoms with E-state index in [1.165, 1.54) is 50.3 Å². The van der Waals surface area contributed by atoms with Crippen molar-refractivity contribution in [2.75, 3.05) is 5.32 Å². The molecular formula is C22H27N3O2S. The molecule has 5 aliphatic rings. The van der Waals surface area contributed by atoms with Gasteiger partial charge in [-0.3, -0.25) is 14.6 Å². The zero-order valence-electron chi connectivity index (χ0n) is 16.2. The lowest BCUT2D eigenvalue weighted by Gasteiger charge is -2.55. The zero-order valence-corrected chi connectivity index (χ0v) is 17.1. The smallest absolute Gasteiger partial charge is 0.240 e. The number of benzene rings is 1. The van der Waals surface area contributed by atoms with Crippen molar-refractivity contribution in [1.29, 1.82) is 0 Å². The highest BCUT2D eigenvalue weighted by molar-refractivity contribution is 8.15. The minimum absolute atomic E-state index is 0.0443. The van der Waals surface area contributed by atoms with E-state index in [4.69, 9.17) is 4.99 Å². The lowest BCUT2D eigenvalue weighted by molar-refractivity contribution is -0.122. The summed E-state index contributed by atoms with van der Waals surface area (Å²) >= 11 is 1.44. The molecule has 1 saturated heterocycles. The van der Waals surface area contributed by atoms with E-state index >= 15 is 0 Å². The minimum atomic E-state index is -0.392. The number of carbonyl (C=O) groups excluding carboxylic acids is 2. The quantitative estimate of drug-likeness (QED) is 0.810. The molecule has 1 aliphatic heterocycles. The zero-order chi connectivity index (χ0) is 19.3. The van der Waals surface area contributed by atoms with E-state index in [0.29, 0.717) is 0 Å². The summed E-state index contributed by atoms with van der Waals surface area (Å²) < 4.78 is 0. The van der Waals surface area contributed by atoms with E-state index < -0.39 is 5.25 Å². The second kappa shape index (κ2) is 6.90. The molecule has 6 heteroatoms. The first-order valence-electron chi connectivity index (χ1n) is 10.4. The van der Waals surface area contributed by atoms with Crippen molar-refractivity contribution >= 4 is 34.4 Å². The fourth-order valence-corrected chi connectivity index (χ4v) is 7.17. The Hall–Kier alpha value is -1.82. The van der Waals surface area contributed by atoms with Crippen molar-refractivity contribution in [2.24, 2.45) is 22.7 Å². The molecule has 5 fully saturated rings. The van der Waals surface area contributed by atoms with Crippen LogP contribution in [0.25, 0.3) is 0 Å². The summed E-state index contributed by atoms with van der Waals surface area (Å²) in [7, 11) is 0. The van der Waals surface area contributed by atoms with Gasteiger partial charge in [-0.2, -0.15) is 0 Å². The van der Waals surface area contributed by atoms with E-state index in [-0.39, 0.29) is 23.8 Å². The maximum Gasteiger partial charge on any atom is 0.240 e. The van der Waals surface area contributed by atoms with Crippen molar-refractivity contribution in [2.45, 2.75) is 62.7 Å².